The zero-order chi connectivity index (χ0) is 39.8. The van der Waals surface area contributed by atoms with Gasteiger partial charge in [-0.25, -0.2) is 0 Å². The molecule has 0 saturated heterocycles. The average molecular weight is 778 g/mol. The van der Waals surface area contributed by atoms with Gasteiger partial charge in [0.2, 0.25) is 11.8 Å². The summed E-state index contributed by atoms with van der Waals surface area (Å²) >= 11 is 3.61. The summed E-state index contributed by atoms with van der Waals surface area (Å²) in [5, 5.41) is 38.4. The van der Waals surface area contributed by atoms with Gasteiger partial charge in [0.25, 0.3) is 0 Å². The summed E-state index contributed by atoms with van der Waals surface area (Å²) in [4.78, 5) is 4.17. The molecule has 0 aliphatic carbocycles. The van der Waals surface area contributed by atoms with E-state index in [-0.39, 0.29) is 0 Å². The molecule has 0 unspecified atom stereocenters. The van der Waals surface area contributed by atoms with Gasteiger partial charge >= 0.3 is 0 Å². The summed E-state index contributed by atoms with van der Waals surface area (Å²) in [7, 11) is 11.8. The van der Waals surface area contributed by atoms with Crippen molar-refractivity contribution in [1.82, 2.24) is 35.0 Å². The lowest BCUT2D eigenvalue weighted by Gasteiger charge is -2.19. The van der Waals surface area contributed by atoms with Gasteiger partial charge in [-0.2, -0.15) is 20.4 Å². The van der Waals surface area contributed by atoms with Gasteiger partial charge in [-0.1, -0.05) is 17.8 Å². The lowest BCUT2D eigenvalue weighted by molar-refractivity contribution is 0.189. The van der Waals surface area contributed by atoms with Gasteiger partial charge in [0, 0.05) is 111 Å². The summed E-state index contributed by atoms with van der Waals surface area (Å²) in [5.41, 5.74) is 4.69. The molecule has 0 N–H and O–H groups in total. The predicted octanol–water partition coefficient (Wildman–Crippen LogP) is 5.96. The van der Waals surface area contributed by atoms with Crippen LogP contribution >= 0.6 is 23.5 Å². The Kier molecular flexibility index (Phi) is 24.0. The molecule has 53 heavy (non-hydrogen) atoms. The fourth-order valence-corrected chi connectivity index (χ4v) is 6.09. The highest BCUT2D eigenvalue weighted by molar-refractivity contribution is 8.14. The molecule has 7 rings (SSSR count). The van der Waals surface area contributed by atoms with Crippen LogP contribution in [0.15, 0.2) is 48.8 Å². The highest BCUT2D eigenvalue weighted by Gasteiger charge is 2.06. The maximum atomic E-state index is 5.06. The summed E-state index contributed by atoms with van der Waals surface area (Å²) in [6.45, 7) is 21.5. The van der Waals surface area contributed by atoms with E-state index >= 15 is 0 Å². The summed E-state index contributed by atoms with van der Waals surface area (Å²) in [5.74, 6) is 3.72. The van der Waals surface area contributed by atoms with Crippen LogP contribution in [0.2, 0.25) is 0 Å². The number of pyridine rings is 1. The van der Waals surface area contributed by atoms with E-state index in [9.17, 15) is 0 Å². The number of ether oxygens (including phenoxy) is 2. The van der Waals surface area contributed by atoms with Crippen LogP contribution in [-0.2, 0) is 9.47 Å². The van der Waals surface area contributed by atoms with Crippen molar-refractivity contribution in [3.63, 3.8) is 0 Å². The van der Waals surface area contributed by atoms with Crippen molar-refractivity contribution in [2.75, 3.05) is 93.4 Å². The molecule has 6 aliphatic rings. The Balaban J connectivity index is 0.000000309. The van der Waals surface area contributed by atoms with E-state index in [1.807, 2.05) is 139 Å². The molecule has 15 nitrogen and oxygen atoms in total. The van der Waals surface area contributed by atoms with E-state index in [2.05, 4.69) is 49.4 Å². The maximum Gasteiger partial charge on any atom is 0.204 e. The summed E-state index contributed by atoms with van der Waals surface area (Å²) in [6, 6.07) is 6.00. The first-order valence-electron chi connectivity index (χ1n) is 18.0. The van der Waals surface area contributed by atoms with Crippen molar-refractivity contribution in [2.24, 2.45) is 30.6 Å². The number of aryl methyl sites for hydroxylation is 2. The quantitative estimate of drug-likeness (QED) is 0.310. The molecule has 6 aliphatic heterocycles. The zero-order valence-corrected chi connectivity index (χ0v) is 36.6. The van der Waals surface area contributed by atoms with Gasteiger partial charge in [-0.3, -0.25) is 30.0 Å². The third-order valence-corrected chi connectivity index (χ3v) is 9.03. The van der Waals surface area contributed by atoms with Crippen molar-refractivity contribution in [2.45, 2.75) is 74.7 Å². The van der Waals surface area contributed by atoms with E-state index in [0.29, 0.717) is 6.73 Å². The van der Waals surface area contributed by atoms with E-state index in [4.69, 9.17) is 9.47 Å². The second-order valence-corrected chi connectivity index (χ2v) is 15.4. The third kappa shape index (κ3) is 25.8. The minimum Gasteiger partial charge on any atom is -0.478 e. The Morgan fingerprint density at radius 1 is 0.528 bits per heavy atom. The minimum absolute atomic E-state index is 0.603. The van der Waals surface area contributed by atoms with Gasteiger partial charge in [-0.05, 0) is 66.5 Å². The SMILES string of the molecule is CC1=NN(C)CC1.CC1=NN(C)CCC1.CC1=NN(C)CCO1.CC1=NN(C)CCS1.CC1=NN(C)CO1.CC1=NN(C)CS1.Cc1cccc(C)n1. The van der Waals surface area contributed by atoms with Crippen molar-refractivity contribution in [3.8, 4) is 0 Å². The topological polar surface area (TPSA) is 125 Å². The first kappa shape index (κ1) is 47.3. The highest BCUT2D eigenvalue weighted by Crippen LogP contribution is 2.13. The molecule has 0 fully saturated rings. The standard InChI is InChI=1S/C7H9N.C6H12N2.C5H10N2O.C5H10N2S.C5H10N2.C4H8N2O.C4H8N2S/c1-6-4-3-5-7(2)8-6;1-6-4-3-5-8(2)7-6;2*1-5-6-7(2)3-4-8-5;1-5-3-4-7(2)6-5;2*1-4-5-6(2)3-7-4/h3-5H,1-2H3;3-5H2,1-2H3;2*3-4H2,1-2H3;3-4H2,1-2H3;2*3H2,1-2H3. The van der Waals surface area contributed by atoms with Crippen LogP contribution in [0.3, 0.4) is 0 Å². The van der Waals surface area contributed by atoms with Crippen LogP contribution in [0.5, 0.6) is 0 Å². The highest BCUT2D eigenvalue weighted by atomic mass is 32.2. The van der Waals surface area contributed by atoms with Crippen LogP contribution in [-0.4, -0.2) is 162 Å². The number of hydrazone groups is 6. The van der Waals surface area contributed by atoms with E-state index in [1.54, 1.807) is 16.8 Å². The first-order valence-corrected chi connectivity index (χ1v) is 20.0. The average Bonchev–Trinajstić information content (AvgIpc) is 3.77. The first-order chi connectivity index (χ1) is 25.0. The van der Waals surface area contributed by atoms with Crippen LogP contribution in [0.25, 0.3) is 0 Å². The van der Waals surface area contributed by atoms with Crippen LogP contribution in [0.4, 0.5) is 0 Å². The summed E-state index contributed by atoms with van der Waals surface area (Å²) in [6.07, 6.45) is 3.60. The Bertz CT molecular complexity index is 1240. The molecule has 0 spiro atoms. The Morgan fingerprint density at radius 3 is 1.32 bits per heavy atom. The number of hydrogen-bond acceptors (Lipinski definition) is 17. The minimum atomic E-state index is 0.603. The number of likely N-dealkylation sites (N-methyl/N-ethyl adjacent to an activating group) is 1. The Hall–Kier alpha value is -3.73. The van der Waals surface area contributed by atoms with Crippen LogP contribution in [0.1, 0.15) is 72.2 Å². The normalized spacial score (nSPS) is 18.5. The molecular weight excluding hydrogens is 711 g/mol. The number of hydrogen-bond donors (Lipinski definition) is 0. The maximum absolute atomic E-state index is 5.06. The number of thioether (sulfide) groups is 2. The lowest BCUT2D eigenvalue weighted by Crippen LogP contribution is -2.25. The molecule has 1 aromatic rings. The van der Waals surface area contributed by atoms with Crippen molar-refractivity contribution in [1.29, 1.82) is 0 Å². The number of aromatic nitrogens is 1. The van der Waals surface area contributed by atoms with Crippen LogP contribution in [0, 0.1) is 13.8 Å². The monoisotopic (exact) mass is 777 g/mol. The Labute approximate surface area is 328 Å². The molecule has 0 aromatic carbocycles. The van der Waals surface area contributed by atoms with Gasteiger partial charge in [-0.15, -0.1) is 22.0 Å². The summed E-state index contributed by atoms with van der Waals surface area (Å²) < 4.78 is 10.00. The smallest absolute Gasteiger partial charge is 0.204 e. The number of rotatable bonds is 0. The van der Waals surface area contributed by atoms with Crippen molar-refractivity contribution < 1.29 is 9.47 Å². The molecule has 7 heterocycles. The van der Waals surface area contributed by atoms with Crippen molar-refractivity contribution >= 4 is 56.8 Å². The fourth-order valence-electron chi connectivity index (χ4n) is 4.61. The molecule has 17 heteroatoms. The second kappa shape index (κ2) is 26.9. The fraction of sp³-hybridized carbons (Fsp3) is 0.694. The van der Waals surface area contributed by atoms with Crippen molar-refractivity contribution in [3.05, 3.63) is 29.6 Å². The second-order valence-electron chi connectivity index (χ2n) is 13.0. The lowest BCUT2D eigenvalue weighted by atomic mass is 10.2. The predicted molar refractivity (Wildman–Crippen MR) is 229 cm³/mol. The van der Waals surface area contributed by atoms with E-state index in [1.165, 1.54) is 40.1 Å². The Morgan fingerprint density at radius 2 is 1.06 bits per heavy atom. The largest absolute Gasteiger partial charge is 0.478 e. The van der Waals surface area contributed by atoms with Gasteiger partial charge < -0.3 is 14.5 Å². The van der Waals surface area contributed by atoms with Crippen LogP contribution < -0.4 is 0 Å². The van der Waals surface area contributed by atoms with E-state index in [0.717, 1.165) is 68.3 Å². The molecule has 0 amide bonds. The van der Waals surface area contributed by atoms with Gasteiger partial charge in [0.05, 0.1) is 22.5 Å². The third-order valence-electron chi connectivity index (χ3n) is 7.15. The molecular formula is C36H67N13O2S2. The molecule has 300 valence electrons. The van der Waals surface area contributed by atoms with Gasteiger partial charge in [0.15, 0.2) is 6.73 Å². The van der Waals surface area contributed by atoms with Gasteiger partial charge in [0.1, 0.15) is 6.61 Å². The zero-order valence-electron chi connectivity index (χ0n) is 35.0. The molecule has 0 bridgehead atoms. The van der Waals surface area contributed by atoms with E-state index < -0.39 is 0 Å². The molecule has 0 saturated carbocycles. The molecule has 1 aromatic heterocycles. The molecule has 0 radical (unpaired) electrons. The molecule has 0 atom stereocenters. The number of nitrogens with zero attached hydrogens (tertiary/aromatic N) is 13.